The molecular weight excluding hydrogens is 173 g/mol. The molecule has 0 aliphatic carbocycles. The summed E-state index contributed by atoms with van der Waals surface area (Å²) in [7, 11) is 5.27. The van der Waals surface area contributed by atoms with Crippen molar-refractivity contribution in [2.45, 2.75) is 0 Å². The Bertz CT molecular complexity index is 239. The second-order valence-electron chi connectivity index (χ2n) is 1.79. The zero-order chi connectivity index (χ0) is 7.72. The molecule has 0 aliphatic heterocycles. The van der Waals surface area contributed by atoms with Crippen LogP contribution in [0.25, 0.3) is 0 Å². The van der Waals surface area contributed by atoms with E-state index in [-0.39, 0.29) is 15.5 Å². The average molecular weight is 175 g/mol. The van der Waals surface area contributed by atoms with Crippen LogP contribution in [0.15, 0.2) is 12.1 Å². The fourth-order valence-corrected chi connectivity index (χ4v) is 0.898. The lowest BCUT2D eigenvalue weighted by atomic mass is 9.96. The molecule has 0 heterocycles. The molecule has 10 heavy (non-hydrogen) atoms. The van der Waals surface area contributed by atoms with Crippen molar-refractivity contribution in [3.8, 4) is 0 Å². The summed E-state index contributed by atoms with van der Waals surface area (Å²) in [5.41, 5.74) is 0.159. The molecule has 2 radical (unpaired) electrons. The summed E-state index contributed by atoms with van der Waals surface area (Å²) < 4.78 is 12.5. The van der Waals surface area contributed by atoms with Crippen LogP contribution in [0.1, 0.15) is 0 Å². The smallest absolute Gasteiger partial charge is 0.142 e. The van der Waals surface area contributed by atoms with Crippen molar-refractivity contribution in [1.82, 2.24) is 0 Å². The van der Waals surface area contributed by atoms with Crippen molar-refractivity contribution >= 4 is 36.5 Å². The van der Waals surface area contributed by atoms with Gasteiger partial charge in [0.15, 0.2) is 0 Å². The molecule has 0 bridgehead atoms. The molecule has 0 N–H and O–H groups in total. The average Bonchev–Trinajstić information content (AvgIpc) is 1.82. The molecule has 0 amide bonds. The Labute approximate surface area is 69.4 Å². The van der Waals surface area contributed by atoms with Gasteiger partial charge in [0.05, 0.1) is 5.02 Å². The fraction of sp³-hybridized carbons (Fsp3) is 0. The summed E-state index contributed by atoms with van der Waals surface area (Å²) in [4.78, 5) is 0. The maximum atomic E-state index is 12.5. The second-order valence-corrected chi connectivity index (χ2v) is 2.61. The first kappa shape index (κ1) is 7.90. The minimum absolute atomic E-state index is 0.0793. The Morgan fingerprint density at radius 3 is 2.40 bits per heavy atom. The molecule has 0 spiro atoms. The van der Waals surface area contributed by atoms with Crippen LogP contribution >= 0.6 is 23.2 Å². The van der Waals surface area contributed by atoms with Crippen LogP contribution in [0, 0.1) is 5.82 Å². The SMILES string of the molecule is [B]c1cc(Cl)cc(F)c1Cl. The Morgan fingerprint density at radius 2 is 1.90 bits per heavy atom. The summed E-state index contributed by atoms with van der Waals surface area (Å²) in [6.07, 6.45) is 0. The molecule has 50 valence electrons. The zero-order valence-corrected chi connectivity index (χ0v) is 6.38. The number of hydrogen-bond acceptors (Lipinski definition) is 0. The molecule has 0 fully saturated rings. The number of benzene rings is 1. The van der Waals surface area contributed by atoms with Gasteiger partial charge in [-0.1, -0.05) is 28.7 Å². The summed E-state index contributed by atoms with van der Waals surface area (Å²) >= 11 is 10.8. The maximum absolute atomic E-state index is 12.5. The lowest BCUT2D eigenvalue weighted by Gasteiger charge is -1.98. The van der Waals surface area contributed by atoms with Gasteiger partial charge in [-0.3, -0.25) is 0 Å². The van der Waals surface area contributed by atoms with Crippen LogP contribution < -0.4 is 5.46 Å². The van der Waals surface area contributed by atoms with Gasteiger partial charge in [0.25, 0.3) is 0 Å². The molecule has 0 aliphatic rings. The van der Waals surface area contributed by atoms with Gasteiger partial charge in [0, 0.05) is 5.02 Å². The van der Waals surface area contributed by atoms with Gasteiger partial charge in [0.1, 0.15) is 13.7 Å². The summed E-state index contributed by atoms with van der Waals surface area (Å²) in [6.45, 7) is 0. The van der Waals surface area contributed by atoms with Crippen LogP contribution in [0.5, 0.6) is 0 Å². The van der Waals surface area contributed by atoms with E-state index in [1.807, 2.05) is 0 Å². The Morgan fingerprint density at radius 1 is 1.30 bits per heavy atom. The van der Waals surface area contributed by atoms with E-state index >= 15 is 0 Å². The highest BCUT2D eigenvalue weighted by Gasteiger charge is 2.02. The van der Waals surface area contributed by atoms with Crippen LogP contribution in [0.4, 0.5) is 4.39 Å². The third-order valence-electron chi connectivity index (χ3n) is 1.02. The Kier molecular flexibility index (Phi) is 2.22. The highest BCUT2D eigenvalue weighted by Crippen LogP contribution is 2.15. The standard InChI is InChI=1S/C6H2BCl2F/c7-4-1-3(8)2-5(10)6(4)9/h1-2H. The van der Waals surface area contributed by atoms with E-state index < -0.39 is 5.82 Å². The van der Waals surface area contributed by atoms with E-state index in [4.69, 9.17) is 31.0 Å². The third kappa shape index (κ3) is 1.44. The molecule has 0 saturated carbocycles. The molecule has 0 unspecified atom stereocenters. The van der Waals surface area contributed by atoms with Gasteiger partial charge < -0.3 is 0 Å². The summed E-state index contributed by atoms with van der Waals surface area (Å²) in [5, 5.41) is 0.170. The van der Waals surface area contributed by atoms with Crippen molar-refractivity contribution in [3.05, 3.63) is 28.0 Å². The Hall–Kier alpha value is -0.205. The number of hydrogen-bond donors (Lipinski definition) is 0. The van der Waals surface area contributed by atoms with E-state index in [2.05, 4.69) is 0 Å². The first-order chi connectivity index (χ1) is 4.61. The molecule has 0 saturated heterocycles. The molecule has 0 aromatic heterocycles. The predicted molar refractivity (Wildman–Crippen MR) is 41.8 cm³/mol. The zero-order valence-electron chi connectivity index (χ0n) is 4.87. The monoisotopic (exact) mass is 174 g/mol. The van der Waals surface area contributed by atoms with E-state index in [1.54, 1.807) is 0 Å². The van der Waals surface area contributed by atoms with Gasteiger partial charge in [-0.25, -0.2) is 4.39 Å². The second kappa shape index (κ2) is 2.81. The van der Waals surface area contributed by atoms with E-state index in [0.717, 1.165) is 6.07 Å². The third-order valence-corrected chi connectivity index (χ3v) is 1.64. The van der Waals surface area contributed by atoms with Crippen molar-refractivity contribution in [1.29, 1.82) is 0 Å². The maximum Gasteiger partial charge on any atom is 0.142 e. The van der Waals surface area contributed by atoms with Gasteiger partial charge >= 0.3 is 0 Å². The number of halogens is 3. The number of rotatable bonds is 0. The van der Waals surface area contributed by atoms with E-state index in [1.165, 1.54) is 6.07 Å². The quantitative estimate of drug-likeness (QED) is 0.417. The van der Waals surface area contributed by atoms with Gasteiger partial charge in [-0.2, -0.15) is 0 Å². The predicted octanol–water partition coefficient (Wildman–Crippen LogP) is 1.93. The van der Waals surface area contributed by atoms with Crippen LogP contribution in [0.2, 0.25) is 10.0 Å². The molecule has 1 aromatic rings. The van der Waals surface area contributed by atoms with Crippen molar-refractivity contribution in [2.75, 3.05) is 0 Å². The topological polar surface area (TPSA) is 0 Å². The molecule has 0 nitrogen and oxygen atoms in total. The molecular formula is C6H2BCl2F. The first-order valence-electron chi connectivity index (χ1n) is 2.51. The van der Waals surface area contributed by atoms with Crippen molar-refractivity contribution < 1.29 is 4.39 Å². The molecule has 0 atom stereocenters. The van der Waals surface area contributed by atoms with Crippen LogP contribution in [-0.2, 0) is 0 Å². The van der Waals surface area contributed by atoms with Crippen molar-refractivity contribution in [3.63, 3.8) is 0 Å². The van der Waals surface area contributed by atoms with E-state index in [9.17, 15) is 4.39 Å². The minimum Gasteiger partial charge on any atom is -0.205 e. The lowest BCUT2D eigenvalue weighted by molar-refractivity contribution is 0.629. The van der Waals surface area contributed by atoms with Gasteiger partial charge in [-0.05, 0) is 12.1 Å². The van der Waals surface area contributed by atoms with Gasteiger partial charge in [0.2, 0.25) is 0 Å². The van der Waals surface area contributed by atoms with E-state index in [0.29, 0.717) is 0 Å². The minimum atomic E-state index is -0.591. The van der Waals surface area contributed by atoms with Crippen LogP contribution in [0.3, 0.4) is 0 Å². The fourth-order valence-electron chi connectivity index (χ4n) is 0.576. The Balaban J connectivity index is 3.31. The molecule has 4 heteroatoms. The first-order valence-corrected chi connectivity index (χ1v) is 3.27. The highest BCUT2D eigenvalue weighted by atomic mass is 35.5. The lowest BCUT2D eigenvalue weighted by Crippen LogP contribution is -2.05. The largest absolute Gasteiger partial charge is 0.205 e. The van der Waals surface area contributed by atoms with Gasteiger partial charge in [-0.15, -0.1) is 0 Å². The molecule has 1 rings (SSSR count). The summed E-state index contributed by atoms with van der Waals surface area (Å²) in [5.74, 6) is -0.591. The molecule has 1 aromatic carbocycles. The van der Waals surface area contributed by atoms with Crippen molar-refractivity contribution in [2.24, 2.45) is 0 Å². The van der Waals surface area contributed by atoms with Crippen LogP contribution in [-0.4, -0.2) is 7.85 Å². The summed E-state index contributed by atoms with van der Waals surface area (Å²) in [6, 6.07) is 2.51. The highest BCUT2D eigenvalue weighted by molar-refractivity contribution is 6.46. The normalized spacial score (nSPS) is 9.90.